The number of aromatic hydroxyl groups is 1. The summed E-state index contributed by atoms with van der Waals surface area (Å²) in [6.45, 7) is 2.54. The molecule has 0 bridgehead atoms. The third-order valence-electron chi connectivity index (χ3n) is 3.86. The Morgan fingerprint density at radius 3 is 2.64 bits per heavy atom. The molecule has 1 N–H and O–H groups in total. The van der Waals surface area contributed by atoms with Crippen molar-refractivity contribution in [1.82, 2.24) is 4.90 Å². The Hall–Kier alpha value is -2.45. The van der Waals surface area contributed by atoms with Crippen LogP contribution in [0.3, 0.4) is 0 Å². The van der Waals surface area contributed by atoms with Crippen molar-refractivity contribution < 1.29 is 24.2 Å². The number of benzene rings is 2. The number of phenolic OH excluding ortho intramolecular Hbond substituents is 1. The zero-order chi connectivity index (χ0) is 20.1. The van der Waals surface area contributed by atoms with Crippen molar-refractivity contribution in [2.24, 2.45) is 0 Å². The minimum absolute atomic E-state index is 0.0794. The minimum atomic E-state index is -0.413. The Kier molecular flexibility index (Phi) is 6.64. The third kappa shape index (κ3) is 4.69. The molecule has 28 heavy (non-hydrogen) atoms. The molecular formula is C20H18BrNO5S. The molecule has 1 heterocycles. The molecule has 2 aromatic carbocycles. The number of hydrogen-bond donors (Lipinski definition) is 1. The lowest BCUT2D eigenvalue weighted by atomic mass is 10.1. The molecule has 2 aromatic rings. The molecule has 146 valence electrons. The molecule has 0 atom stereocenters. The highest BCUT2D eigenvalue weighted by atomic mass is 79.9. The largest absolute Gasteiger partial charge is 0.504 e. The number of amides is 2. The first-order valence-electron chi connectivity index (χ1n) is 8.58. The third-order valence-corrected chi connectivity index (χ3v) is 5.22. The first-order valence-corrected chi connectivity index (χ1v) is 10.2. The molecule has 3 rings (SSSR count). The predicted molar refractivity (Wildman–Crippen MR) is 112 cm³/mol. The monoisotopic (exact) mass is 463 g/mol. The maximum atomic E-state index is 12.6. The number of carbonyl (C=O) groups excluding carboxylic acids is 2. The summed E-state index contributed by atoms with van der Waals surface area (Å²) in [6, 6.07) is 12.5. The number of hydrogen-bond acceptors (Lipinski definition) is 6. The fraction of sp³-hybridized carbons (Fsp3) is 0.200. The number of nitrogens with zero attached hydrogens (tertiary/aromatic N) is 1. The summed E-state index contributed by atoms with van der Waals surface area (Å²) in [6.07, 6.45) is 1.49. The zero-order valence-electron chi connectivity index (χ0n) is 15.1. The molecule has 0 aromatic heterocycles. The quantitative estimate of drug-likeness (QED) is 0.601. The van der Waals surface area contributed by atoms with E-state index in [0.717, 1.165) is 16.7 Å². The molecule has 1 saturated heterocycles. The summed E-state index contributed by atoms with van der Waals surface area (Å²) >= 11 is 4.19. The van der Waals surface area contributed by atoms with Crippen LogP contribution in [-0.4, -0.2) is 40.9 Å². The van der Waals surface area contributed by atoms with Gasteiger partial charge in [0, 0.05) is 10.0 Å². The van der Waals surface area contributed by atoms with E-state index in [9.17, 15) is 14.7 Å². The predicted octanol–water partition coefficient (Wildman–Crippen LogP) is 4.67. The van der Waals surface area contributed by atoms with Crippen LogP contribution in [0.15, 0.2) is 51.8 Å². The van der Waals surface area contributed by atoms with Crippen molar-refractivity contribution in [3.05, 3.63) is 57.4 Å². The van der Waals surface area contributed by atoms with Crippen molar-refractivity contribution in [2.75, 3.05) is 19.8 Å². The standard InChI is InChI=1S/C20H18BrNO5S/c1-2-26-16-12-14(21)10-13(18(16)23)11-17-19(24)22(20(25)28-17)8-9-27-15-6-4-3-5-7-15/h3-7,10-12,23H,2,8-9H2,1H3/b17-11-. The maximum Gasteiger partial charge on any atom is 0.293 e. The lowest BCUT2D eigenvalue weighted by Gasteiger charge is -2.13. The second kappa shape index (κ2) is 9.16. The van der Waals surface area contributed by atoms with Gasteiger partial charge in [0.25, 0.3) is 11.1 Å². The number of thioether (sulfide) groups is 1. The van der Waals surface area contributed by atoms with Crippen molar-refractivity contribution in [3.8, 4) is 17.2 Å². The molecular weight excluding hydrogens is 446 g/mol. The van der Waals surface area contributed by atoms with Crippen molar-refractivity contribution in [2.45, 2.75) is 6.92 Å². The fourth-order valence-corrected chi connectivity index (χ4v) is 3.89. The van der Waals surface area contributed by atoms with Gasteiger partial charge in [-0.15, -0.1) is 0 Å². The lowest BCUT2D eigenvalue weighted by molar-refractivity contribution is -0.123. The maximum absolute atomic E-state index is 12.6. The molecule has 0 unspecified atom stereocenters. The highest BCUT2D eigenvalue weighted by Gasteiger charge is 2.35. The summed E-state index contributed by atoms with van der Waals surface area (Å²) in [5.74, 6) is 0.486. The van der Waals surface area contributed by atoms with Gasteiger partial charge >= 0.3 is 0 Å². The second-order valence-electron chi connectivity index (χ2n) is 5.77. The first-order chi connectivity index (χ1) is 13.5. The van der Waals surface area contributed by atoms with Gasteiger partial charge in [0.1, 0.15) is 12.4 Å². The molecule has 0 spiro atoms. The average molecular weight is 464 g/mol. The molecule has 6 nitrogen and oxygen atoms in total. The van der Waals surface area contributed by atoms with Crippen LogP contribution < -0.4 is 9.47 Å². The summed E-state index contributed by atoms with van der Waals surface area (Å²) in [5.41, 5.74) is 0.392. The summed E-state index contributed by atoms with van der Waals surface area (Å²) in [7, 11) is 0. The van der Waals surface area contributed by atoms with E-state index in [2.05, 4.69) is 15.9 Å². The van der Waals surface area contributed by atoms with Crippen LogP contribution in [0, 0.1) is 0 Å². The topological polar surface area (TPSA) is 76.1 Å². The highest BCUT2D eigenvalue weighted by molar-refractivity contribution is 9.10. The Morgan fingerprint density at radius 2 is 1.93 bits per heavy atom. The van der Waals surface area contributed by atoms with E-state index >= 15 is 0 Å². The van der Waals surface area contributed by atoms with E-state index in [1.807, 2.05) is 25.1 Å². The van der Waals surface area contributed by atoms with E-state index in [1.54, 1.807) is 24.3 Å². The molecule has 1 aliphatic heterocycles. The smallest absolute Gasteiger partial charge is 0.293 e. The van der Waals surface area contributed by atoms with Gasteiger partial charge < -0.3 is 14.6 Å². The van der Waals surface area contributed by atoms with Crippen LogP contribution in [0.2, 0.25) is 0 Å². The normalized spacial score (nSPS) is 15.4. The summed E-state index contributed by atoms with van der Waals surface area (Å²) in [5, 5.41) is 9.99. The van der Waals surface area contributed by atoms with E-state index in [0.29, 0.717) is 28.1 Å². The Labute approximate surface area is 175 Å². The van der Waals surface area contributed by atoms with E-state index < -0.39 is 5.91 Å². The van der Waals surface area contributed by atoms with Gasteiger partial charge in [-0.05, 0) is 49.0 Å². The summed E-state index contributed by atoms with van der Waals surface area (Å²) < 4.78 is 11.6. The zero-order valence-corrected chi connectivity index (χ0v) is 17.5. The van der Waals surface area contributed by atoms with Crippen molar-refractivity contribution in [1.29, 1.82) is 0 Å². The molecule has 0 aliphatic carbocycles. The molecule has 1 aliphatic rings. The van der Waals surface area contributed by atoms with Crippen LogP contribution in [0.5, 0.6) is 17.2 Å². The number of phenols is 1. The number of para-hydroxylation sites is 1. The van der Waals surface area contributed by atoms with E-state index in [4.69, 9.17) is 9.47 Å². The van der Waals surface area contributed by atoms with Crippen LogP contribution in [0.4, 0.5) is 4.79 Å². The highest BCUT2D eigenvalue weighted by Crippen LogP contribution is 2.38. The Bertz CT molecular complexity index is 916. The Morgan fingerprint density at radius 1 is 1.18 bits per heavy atom. The van der Waals surface area contributed by atoms with Crippen molar-refractivity contribution >= 4 is 44.9 Å². The van der Waals surface area contributed by atoms with Crippen LogP contribution in [-0.2, 0) is 4.79 Å². The first kappa shape index (κ1) is 20.3. The summed E-state index contributed by atoms with van der Waals surface area (Å²) in [4.78, 5) is 26.2. The minimum Gasteiger partial charge on any atom is -0.504 e. The molecule has 0 radical (unpaired) electrons. The van der Waals surface area contributed by atoms with Crippen molar-refractivity contribution in [3.63, 3.8) is 0 Å². The van der Waals surface area contributed by atoms with Crippen LogP contribution in [0.25, 0.3) is 6.08 Å². The fourth-order valence-electron chi connectivity index (χ4n) is 2.58. The van der Waals surface area contributed by atoms with E-state index in [1.165, 1.54) is 6.08 Å². The van der Waals surface area contributed by atoms with E-state index in [-0.39, 0.29) is 29.0 Å². The Balaban J connectivity index is 1.72. The molecule has 8 heteroatoms. The average Bonchev–Trinajstić information content (AvgIpc) is 2.94. The molecule has 2 amide bonds. The number of halogens is 1. The van der Waals surface area contributed by atoms with Crippen LogP contribution >= 0.6 is 27.7 Å². The number of carbonyl (C=O) groups is 2. The van der Waals surface area contributed by atoms with Gasteiger partial charge in [-0.1, -0.05) is 34.1 Å². The number of imide groups is 1. The van der Waals surface area contributed by atoms with Gasteiger partial charge in [-0.3, -0.25) is 14.5 Å². The van der Waals surface area contributed by atoms with Gasteiger partial charge in [-0.2, -0.15) is 0 Å². The molecule has 0 saturated carbocycles. The van der Waals surface area contributed by atoms with Gasteiger partial charge in [-0.25, -0.2) is 0 Å². The SMILES string of the molecule is CCOc1cc(Br)cc(/C=C2\SC(=O)N(CCOc3ccccc3)C2=O)c1O. The lowest BCUT2D eigenvalue weighted by Crippen LogP contribution is -2.32. The number of rotatable bonds is 7. The second-order valence-corrected chi connectivity index (χ2v) is 7.68. The molecule has 1 fully saturated rings. The van der Waals surface area contributed by atoms with Crippen LogP contribution in [0.1, 0.15) is 12.5 Å². The number of ether oxygens (including phenoxy) is 2. The van der Waals surface area contributed by atoms with Gasteiger partial charge in [0.05, 0.1) is 18.1 Å². The van der Waals surface area contributed by atoms with Gasteiger partial charge in [0.2, 0.25) is 0 Å². The van der Waals surface area contributed by atoms with Gasteiger partial charge in [0.15, 0.2) is 11.5 Å².